The summed E-state index contributed by atoms with van der Waals surface area (Å²) in [5.41, 5.74) is 1.62. The molecule has 3 heteroatoms. The minimum absolute atomic E-state index is 0.0690. The Balaban J connectivity index is 1.90. The van der Waals surface area contributed by atoms with E-state index in [-0.39, 0.29) is 5.91 Å². The molecule has 120 valence electrons. The lowest BCUT2D eigenvalue weighted by molar-refractivity contribution is -0.126. The van der Waals surface area contributed by atoms with Crippen molar-refractivity contribution in [3.05, 3.63) is 60.1 Å². The summed E-state index contributed by atoms with van der Waals surface area (Å²) in [6.07, 6.45) is 9.39. The van der Waals surface area contributed by atoms with Gasteiger partial charge in [-0.15, -0.1) is 0 Å². The molecule has 0 radical (unpaired) electrons. The van der Waals surface area contributed by atoms with Gasteiger partial charge in [0.15, 0.2) is 0 Å². The van der Waals surface area contributed by atoms with Crippen LogP contribution in [0.2, 0.25) is 0 Å². The topological polar surface area (TPSA) is 33.5 Å². The van der Waals surface area contributed by atoms with Gasteiger partial charge in [0, 0.05) is 13.1 Å². The summed E-state index contributed by atoms with van der Waals surface area (Å²) in [5, 5.41) is 0. The Labute approximate surface area is 137 Å². The van der Waals surface area contributed by atoms with Crippen LogP contribution in [0.1, 0.15) is 43.4 Å². The zero-order valence-corrected chi connectivity index (χ0v) is 13.6. The first kappa shape index (κ1) is 15.6. The van der Waals surface area contributed by atoms with Crippen LogP contribution in [0.4, 0.5) is 0 Å². The highest BCUT2D eigenvalue weighted by Gasteiger charge is 2.25. The minimum Gasteiger partial charge on any atom is -0.465 e. The molecule has 0 N–H and O–H groups in total. The maximum atomic E-state index is 13.1. The number of carbonyl (C=O) groups is 1. The maximum Gasteiger partial charge on any atom is 0.254 e. The monoisotopic (exact) mass is 309 g/mol. The van der Waals surface area contributed by atoms with E-state index >= 15 is 0 Å². The van der Waals surface area contributed by atoms with Crippen LogP contribution in [0.5, 0.6) is 0 Å². The smallest absolute Gasteiger partial charge is 0.254 e. The van der Waals surface area contributed by atoms with Crippen LogP contribution in [0, 0.1) is 0 Å². The van der Waals surface area contributed by atoms with E-state index in [0.29, 0.717) is 17.4 Å². The summed E-state index contributed by atoms with van der Waals surface area (Å²) in [6, 6.07) is 13.9. The van der Waals surface area contributed by atoms with Gasteiger partial charge in [0.2, 0.25) is 0 Å². The molecule has 3 rings (SSSR count). The molecule has 1 heterocycles. The zero-order chi connectivity index (χ0) is 16.1. The first-order chi connectivity index (χ1) is 11.3. The number of nitrogens with zero attached hydrogens (tertiary/aromatic N) is 1. The maximum absolute atomic E-state index is 13.1. The molecule has 1 aromatic carbocycles. The second kappa shape index (κ2) is 7.32. The van der Waals surface area contributed by atoms with Gasteiger partial charge in [0.1, 0.15) is 5.76 Å². The molecule has 1 saturated carbocycles. The summed E-state index contributed by atoms with van der Waals surface area (Å²) in [5.74, 6) is 0.772. The van der Waals surface area contributed by atoms with E-state index in [1.807, 2.05) is 60.5 Å². The average Bonchev–Trinajstić information content (AvgIpc) is 3.13. The number of rotatable bonds is 4. The normalized spacial score (nSPS) is 16.3. The second-order valence-corrected chi connectivity index (χ2v) is 6.15. The molecular formula is C20H23NO2. The van der Waals surface area contributed by atoms with Crippen molar-refractivity contribution >= 4 is 17.6 Å². The summed E-state index contributed by atoms with van der Waals surface area (Å²) in [6.45, 7) is 0. The standard InChI is InChI=1S/C20H23NO2/c1-21(17-11-6-3-7-12-17)20(22)19(15-18-13-8-14-23-18)16-9-4-2-5-10-16/h2,4-5,8-10,13-15,17H,3,6-7,11-12H2,1H3/b19-15+. The Bertz CT molecular complexity index is 652. The Morgan fingerprint density at radius 2 is 1.83 bits per heavy atom. The molecule has 2 aromatic rings. The lowest BCUT2D eigenvalue weighted by atomic mass is 9.93. The van der Waals surface area contributed by atoms with E-state index in [2.05, 4.69) is 0 Å². The van der Waals surface area contributed by atoms with Crippen LogP contribution in [0.15, 0.2) is 53.1 Å². The molecule has 1 aliphatic carbocycles. The molecule has 0 atom stereocenters. The summed E-state index contributed by atoms with van der Waals surface area (Å²) < 4.78 is 5.41. The van der Waals surface area contributed by atoms with Crippen molar-refractivity contribution < 1.29 is 9.21 Å². The van der Waals surface area contributed by atoms with Crippen LogP contribution in [0.25, 0.3) is 11.6 Å². The van der Waals surface area contributed by atoms with E-state index in [1.165, 1.54) is 19.3 Å². The van der Waals surface area contributed by atoms with Crippen molar-refractivity contribution in [3.8, 4) is 0 Å². The molecule has 1 fully saturated rings. The van der Waals surface area contributed by atoms with Crippen LogP contribution in [-0.4, -0.2) is 23.9 Å². The number of carbonyl (C=O) groups excluding carboxylic acids is 1. The number of benzene rings is 1. The lowest BCUT2D eigenvalue weighted by Gasteiger charge is -2.32. The lowest BCUT2D eigenvalue weighted by Crippen LogP contribution is -2.38. The van der Waals surface area contributed by atoms with Gasteiger partial charge in [-0.3, -0.25) is 4.79 Å². The van der Waals surface area contributed by atoms with Crippen molar-refractivity contribution in [1.82, 2.24) is 4.90 Å². The highest BCUT2D eigenvalue weighted by atomic mass is 16.3. The van der Waals surface area contributed by atoms with Gasteiger partial charge in [-0.1, -0.05) is 49.6 Å². The van der Waals surface area contributed by atoms with E-state index < -0.39 is 0 Å². The number of amides is 1. The fourth-order valence-corrected chi connectivity index (χ4v) is 3.23. The molecule has 0 aliphatic heterocycles. The number of likely N-dealkylation sites (N-methyl/N-ethyl adjacent to an activating group) is 1. The van der Waals surface area contributed by atoms with Crippen LogP contribution in [-0.2, 0) is 4.79 Å². The van der Waals surface area contributed by atoms with E-state index in [9.17, 15) is 4.79 Å². The van der Waals surface area contributed by atoms with Gasteiger partial charge in [-0.05, 0) is 36.6 Å². The van der Waals surface area contributed by atoms with Gasteiger partial charge >= 0.3 is 0 Å². The SMILES string of the molecule is CN(C(=O)/C(=C/c1ccco1)c1ccccc1)C1CCCCC1. The summed E-state index contributed by atoms with van der Waals surface area (Å²) in [7, 11) is 1.93. The van der Waals surface area contributed by atoms with E-state index in [4.69, 9.17) is 4.42 Å². The number of hydrogen-bond acceptors (Lipinski definition) is 2. The molecule has 3 nitrogen and oxygen atoms in total. The predicted molar refractivity (Wildman–Crippen MR) is 92.7 cm³/mol. The van der Waals surface area contributed by atoms with Gasteiger partial charge in [-0.2, -0.15) is 0 Å². The molecule has 1 aromatic heterocycles. The third-order valence-electron chi connectivity index (χ3n) is 4.59. The fraction of sp³-hybridized carbons (Fsp3) is 0.350. The van der Waals surface area contributed by atoms with Gasteiger partial charge in [0.05, 0.1) is 11.8 Å². The predicted octanol–water partition coefficient (Wildman–Crippen LogP) is 4.61. The largest absolute Gasteiger partial charge is 0.465 e. The molecular weight excluding hydrogens is 286 g/mol. The van der Waals surface area contributed by atoms with Crippen molar-refractivity contribution in [2.24, 2.45) is 0 Å². The van der Waals surface area contributed by atoms with Crippen molar-refractivity contribution in [2.45, 2.75) is 38.1 Å². The first-order valence-corrected chi connectivity index (χ1v) is 8.33. The Hall–Kier alpha value is -2.29. The molecule has 0 saturated heterocycles. The number of furan rings is 1. The van der Waals surface area contributed by atoms with Gasteiger partial charge in [0.25, 0.3) is 5.91 Å². The Morgan fingerprint density at radius 1 is 1.09 bits per heavy atom. The average molecular weight is 309 g/mol. The molecule has 1 amide bonds. The quantitative estimate of drug-likeness (QED) is 0.773. The summed E-state index contributed by atoms with van der Waals surface area (Å²) in [4.78, 5) is 15.0. The molecule has 0 spiro atoms. The van der Waals surface area contributed by atoms with Crippen LogP contribution >= 0.6 is 0 Å². The van der Waals surface area contributed by atoms with Gasteiger partial charge in [-0.25, -0.2) is 0 Å². The molecule has 0 bridgehead atoms. The van der Waals surface area contributed by atoms with E-state index in [0.717, 1.165) is 18.4 Å². The van der Waals surface area contributed by atoms with E-state index in [1.54, 1.807) is 6.26 Å². The Morgan fingerprint density at radius 3 is 2.48 bits per heavy atom. The first-order valence-electron chi connectivity index (χ1n) is 8.33. The summed E-state index contributed by atoms with van der Waals surface area (Å²) >= 11 is 0. The van der Waals surface area contributed by atoms with Crippen molar-refractivity contribution in [1.29, 1.82) is 0 Å². The van der Waals surface area contributed by atoms with Crippen molar-refractivity contribution in [2.75, 3.05) is 7.05 Å². The minimum atomic E-state index is 0.0690. The molecule has 1 aliphatic rings. The third-order valence-corrected chi connectivity index (χ3v) is 4.59. The molecule has 23 heavy (non-hydrogen) atoms. The van der Waals surface area contributed by atoms with Gasteiger partial charge < -0.3 is 9.32 Å². The Kier molecular flexibility index (Phi) is 4.96. The highest BCUT2D eigenvalue weighted by Crippen LogP contribution is 2.26. The van der Waals surface area contributed by atoms with Crippen molar-refractivity contribution in [3.63, 3.8) is 0 Å². The van der Waals surface area contributed by atoms with Crippen LogP contribution < -0.4 is 0 Å². The van der Waals surface area contributed by atoms with Crippen LogP contribution in [0.3, 0.4) is 0 Å². The third kappa shape index (κ3) is 3.73. The molecule has 0 unspecified atom stereocenters. The highest BCUT2D eigenvalue weighted by molar-refractivity contribution is 6.23. The zero-order valence-electron chi connectivity index (χ0n) is 13.6. The number of hydrogen-bond donors (Lipinski definition) is 0. The second-order valence-electron chi connectivity index (χ2n) is 6.15. The fourth-order valence-electron chi connectivity index (χ4n) is 3.23.